The molecular formula is C16H24N2O3. The first-order chi connectivity index (χ1) is 10.1. The van der Waals surface area contributed by atoms with E-state index in [2.05, 4.69) is 5.32 Å². The largest absolute Gasteiger partial charge is 0.491 e. The number of hydrogen-bond donors (Lipinski definition) is 2. The molecule has 1 aromatic carbocycles. The monoisotopic (exact) mass is 292 g/mol. The highest BCUT2D eigenvalue weighted by Crippen LogP contribution is 2.37. The first-order valence-corrected chi connectivity index (χ1v) is 7.50. The van der Waals surface area contributed by atoms with Crippen LogP contribution in [0.25, 0.3) is 0 Å². The number of carbonyl (C=O) groups is 1. The number of nitrogens with zero attached hydrogens (tertiary/aromatic N) is 1. The van der Waals surface area contributed by atoms with Gasteiger partial charge >= 0.3 is 6.03 Å². The van der Waals surface area contributed by atoms with Crippen LogP contribution in [0.5, 0.6) is 5.75 Å². The molecule has 1 aromatic rings. The number of nitrogens with one attached hydrogen (secondary N) is 1. The Morgan fingerprint density at radius 1 is 1.43 bits per heavy atom. The van der Waals surface area contributed by atoms with E-state index in [0.717, 1.165) is 25.7 Å². The number of anilines is 1. The Morgan fingerprint density at radius 3 is 2.71 bits per heavy atom. The molecule has 0 bridgehead atoms. The van der Waals surface area contributed by atoms with Gasteiger partial charge in [0.25, 0.3) is 0 Å². The zero-order valence-electron chi connectivity index (χ0n) is 12.8. The van der Waals surface area contributed by atoms with E-state index in [9.17, 15) is 9.90 Å². The van der Waals surface area contributed by atoms with Crippen molar-refractivity contribution >= 4 is 11.7 Å². The maximum absolute atomic E-state index is 12.4. The Morgan fingerprint density at radius 2 is 2.14 bits per heavy atom. The van der Waals surface area contributed by atoms with Crippen LogP contribution in [0.4, 0.5) is 10.5 Å². The number of para-hydroxylation sites is 2. The average molecular weight is 292 g/mol. The van der Waals surface area contributed by atoms with Crippen molar-refractivity contribution in [1.82, 2.24) is 4.90 Å². The van der Waals surface area contributed by atoms with Gasteiger partial charge in [-0.15, -0.1) is 0 Å². The molecule has 0 aliphatic heterocycles. The van der Waals surface area contributed by atoms with Crippen molar-refractivity contribution in [3.63, 3.8) is 0 Å². The topological polar surface area (TPSA) is 61.8 Å². The lowest BCUT2D eigenvalue weighted by Crippen LogP contribution is -2.57. The van der Waals surface area contributed by atoms with E-state index in [0.29, 0.717) is 18.0 Å². The van der Waals surface area contributed by atoms with Crippen LogP contribution < -0.4 is 10.1 Å². The molecule has 0 saturated heterocycles. The van der Waals surface area contributed by atoms with Gasteiger partial charge in [-0.2, -0.15) is 0 Å². The van der Waals surface area contributed by atoms with Crippen LogP contribution >= 0.6 is 0 Å². The van der Waals surface area contributed by atoms with E-state index in [-0.39, 0.29) is 12.6 Å². The molecule has 1 fully saturated rings. The zero-order valence-corrected chi connectivity index (χ0v) is 12.8. The number of hydrogen-bond acceptors (Lipinski definition) is 3. The van der Waals surface area contributed by atoms with Crippen LogP contribution in [-0.4, -0.2) is 41.8 Å². The molecule has 0 atom stereocenters. The summed E-state index contributed by atoms with van der Waals surface area (Å²) in [5.41, 5.74) is 0.263. The highest BCUT2D eigenvalue weighted by atomic mass is 16.5. The molecule has 0 radical (unpaired) electrons. The van der Waals surface area contributed by atoms with Gasteiger partial charge in [-0.3, -0.25) is 0 Å². The van der Waals surface area contributed by atoms with Gasteiger partial charge in [0.2, 0.25) is 0 Å². The van der Waals surface area contributed by atoms with E-state index in [1.807, 2.05) is 31.2 Å². The lowest BCUT2D eigenvalue weighted by molar-refractivity contribution is 0.0153. The molecule has 0 unspecified atom stereocenters. The van der Waals surface area contributed by atoms with Crippen molar-refractivity contribution in [2.45, 2.75) is 38.1 Å². The lowest BCUT2D eigenvalue weighted by atomic mass is 9.76. The van der Waals surface area contributed by atoms with Crippen molar-refractivity contribution in [3.8, 4) is 5.75 Å². The Labute approximate surface area is 125 Å². The van der Waals surface area contributed by atoms with Crippen molar-refractivity contribution in [2.24, 2.45) is 0 Å². The number of urea groups is 1. The average Bonchev–Trinajstić information content (AvgIpc) is 2.45. The van der Waals surface area contributed by atoms with E-state index < -0.39 is 5.54 Å². The van der Waals surface area contributed by atoms with Gasteiger partial charge < -0.3 is 20.1 Å². The van der Waals surface area contributed by atoms with Crippen molar-refractivity contribution < 1.29 is 14.6 Å². The number of carbonyl (C=O) groups excluding carboxylic acids is 1. The van der Waals surface area contributed by atoms with Crippen molar-refractivity contribution in [3.05, 3.63) is 24.3 Å². The van der Waals surface area contributed by atoms with E-state index in [4.69, 9.17) is 4.74 Å². The maximum Gasteiger partial charge on any atom is 0.322 e. The molecule has 1 aliphatic rings. The third kappa shape index (κ3) is 3.29. The minimum absolute atomic E-state index is 0.00486. The molecule has 2 rings (SSSR count). The second-order valence-electron chi connectivity index (χ2n) is 5.57. The van der Waals surface area contributed by atoms with Gasteiger partial charge in [0.15, 0.2) is 0 Å². The van der Waals surface area contributed by atoms with Crippen LogP contribution in [0.2, 0.25) is 0 Å². The number of benzene rings is 1. The minimum Gasteiger partial charge on any atom is -0.491 e. The van der Waals surface area contributed by atoms with Crippen molar-refractivity contribution in [2.75, 3.05) is 25.6 Å². The summed E-state index contributed by atoms with van der Waals surface area (Å²) in [5, 5.41) is 12.4. The predicted molar refractivity (Wildman–Crippen MR) is 82.7 cm³/mol. The van der Waals surface area contributed by atoms with Crippen LogP contribution in [0.1, 0.15) is 32.6 Å². The predicted octanol–water partition coefficient (Wildman–Crippen LogP) is 2.85. The van der Waals surface area contributed by atoms with Gasteiger partial charge in [-0.25, -0.2) is 4.79 Å². The summed E-state index contributed by atoms with van der Waals surface area (Å²) in [6, 6.07) is 7.20. The molecule has 1 saturated carbocycles. The molecule has 0 aromatic heterocycles. The molecule has 116 valence electrons. The van der Waals surface area contributed by atoms with E-state index in [1.165, 1.54) is 0 Å². The summed E-state index contributed by atoms with van der Waals surface area (Å²) in [4.78, 5) is 14.0. The standard InChI is InChI=1S/C16H24N2O3/c1-3-11-21-14-8-5-4-7-13(14)17-15(20)18(2)16(12-19)9-6-10-16/h4-5,7-8,19H,3,6,9-12H2,1-2H3,(H,17,20). The second kappa shape index (κ2) is 6.80. The highest BCUT2D eigenvalue weighted by Gasteiger charge is 2.42. The number of amides is 2. The van der Waals surface area contributed by atoms with Gasteiger partial charge in [0.05, 0.1) is 24.4 Å². The molecule has 2 amide bonds. The summed E-state index contributed by atoms with van der Waals surface area (Å²) >= 11 is 0. The van der Waals surface area contributed by atoms with E-state index >= 15 is 0 Å². The third-order valence-corrected chi connectivity index (χ3v) is 4.19. The first kappa shape index (κ1) is 15.6. The fourth-order valence-corrected chi connectivity index (χ4v) is 2.51. The number of ether oxygens (including phenoxy) is 1. The van der Waals surface area contributed by atoms with Gasteiger partial charge in [0.1, 0.15) is 5.75 Å². The van der Waals surface area contributed by atoms with Gasteiger partial charge in [-0.05, 0) is 37.8 Å². The molecule has 2 N–H and O–H groups in total. The van der Waals surface area contributed by atoms with Gasteiger partial charge in [0, 0.05) is 7.05 Å². The summed E-state index contributed by atoms with van der Waals surface area (Å²) < 4.78 is 5.64. The Hall–Kier alpha value is -1.75. The van der Waals surface area contributed by atoms with Crippen LogP contribution in [-0.2, 0) is 0 Å². The van der Waals surface area contributed by atoms with Crippen LogP contribution in [0.3, 0.4) is 0 Å². The molecule has 1 aliphatic carbocycles. The Bertz CT molecular complexity index is 481. The summed E-state index contributed by atoms with van der Waals surface area (Å²) in [5.74, 6) is 0.674. The summed E-state index contributed by atoms with van der Waals surface area (Å²) in [6.07, 6.45) is 3.66. The SMILES string of the molecule is CCCOc1ccccc1NC(=O)N(C)C1(CO)CCC1. The third-order valence-electron chi connectivity index (χ3n) is 4.19. The van der Waals surface area contributed by atoms with Crippen molar-refractivity contribution in [1.29, 1.82) is 0 Å². The molecule has 0 heterocycles. The normalized spacial score (nSPS) is 16.0. The molecule has 5 nitrogen and oxygen atoms in total. The molecular weight excluding hydrogens is 268 g/mol. The first-order valence-electron chi connectivity index (χ1n) is 7.50. The fourth-order valence-electron chi connectivity index (χ4n) is 2.51. The highest BCUT2D eigenvalue weighted by molar-refractivity contribution is 5.91. The molecule has 21 heavy (non-hydrogen) atoms. The number of aliphatic hydroxyl groups is 1. The fraction of sp³-hybridized carbons (Fsp3) is 0.562. The minimum atomic E-state index is -0.400. The number of aliphatic hydroxyl groups excluding tert-OH is 1. The lowest BCUT2D eigenvalue weighted by Gasteiger charge is -2.47. The summed E-state index contributed by atoms with van der Waals surface area (Å²) in [6.45, 7) is 2.66. The molecule has 5 heteroatoms. The quantitative estimate of drug-likeness (QED) is 0.847. The number of rotatable bonds is 6. The van der Waals surface area contributed by atoms with Gasteiger partial charge in [-0.1, -0.05) is 19.1 Å². The van der Waals surface area contributed by atoms with E-state index in [1.54, 1.807) is 11.9 Å². The zero-order chi connectivity index (χ0) is 15.3. The van der Waals surface area contributed by atoms with Crippen LogP contribution in [0.15, 0.2) is 24.3 Å². The summed E-state index contributed by atoms with van der Waals surface area (Å²) in [7, 11) is 1.74. The maximum atomic E-state index is 12.4. The smallest absolute Gasteiger partial charge is 0.322 e. The Balaban J connectivity index is 2.05. The van der Waals surface area contributed by atoms with Crippen LogP contribution in [0, 0.1) is 0 Å². The molecule has 0 spiro atoms. The Kier molecular flexibility index (Phi) is 5.07. The second-order valence-corrected chi connectivity index (χ2v) is 5.57. The number of likely N-dealkylation sites (N-methyl/N-ethyl adjacent to an activating group) is 1.